The van der Waals surface area contributed by atoms with Crippen LogP contribution in [-0.2, 0) is 21.0 Å². The van der Waals surface area contributed by atoms with Crippen LogP contribution in [0.25, 0.3) is 0 Å². The lowest BCUT2D eigenvalue weighted by Crippen LogP contribution is -2.37. The van der Waals surface area contributed by atoms with E-state index in [1.54, 1.807) is 12.1 Å². The number of amides is 1. The third-order valence-electron chi connectivity index (χ3n) is 4.77. The number of alkyl halides is 3. The van der Waals surface area contributed by atoms with Crippen LogP contribution in [-0.4, -0.2) is 40.2 Å². The molecule has 0 atom stereocenters. The van der Waals surface area contributed by atoms with Gasteiger partial charge in [0.1, 0.15) is 6.54 Å². The third kappa shape index (κ3) is 5.44. The summed E-state index contributed by atoms with van der Waals surface area (Å²) in [5.41, 5.74) is 0.283. The number of anilines is 3. The Morgan fingerprint density at radius 3 is 2.30 bits per heavy atom. The van der Waals surface area contributed by atoms with Gasteiger partial charge in [-0.1, -0.05) is 6.07 Å². The van der Waals surface area contributed by atoms with Gasteiger partial charge in [-0.25, -0.2) is 8.42 Å². The number of rotatable bonds is 6. The molecule has 0 unspecified atom stereocenters. The highest BCUT2D eigenvalue weighted by Crippen LogP contribution is 2.32. The fourth-order valence-electron chi connectivity index (χ4n) is 3.30. The molecule has 2 aromatic rings. The van der Waals surface area contributed by atoms with Gasteiger partial charge in [-0.15, -0.1) is 0 Å². The van der Waals surface area contributed by atoms with Crippen molar-refractivity contribution in [3.05, 3.63) is 54.1 Å². The topological polar surface area (TPSA) is 69.7 Å². The number of nitrogens with one attached hydrogen (secondary N) is 1. The van der Waals surface area contributed by atoms with Crippen LogP contribution in [0.15, 0.2) is 48.5 Å². The molecule has 0 aliphatic carbocycles. The highest BCUT2D eigenvalue weighted by Gasteiger charge is 2.32. The second kappa shape index (κ2) is 8.55. The molecule has 0 saturated carbocycles. The molecule has 1 amide bonds. The molecule has 2 aromatic carbocycles. The van der Waals surface area contributed by atoms with Crippen LogP contribution in [0.1, 0.15) is 18.4 Å². The van der Waals surface area contributed by atoms with E-state index in [1.807, 2.05) is 12.1 Å². The summed E-state index contributed by atoms with van der Waals surface area (Å²) in [6, 6.07) is 11.0. The first-order valence-corrected chi connectivity index (χ1v) is 11.2. The van der Waals surface area contributed by atoms with E-state index in [2.05, 4.69) is 10.2 Å². The number of carbonyl (C=O) groups is 1. The average molecular weight is 441 g/mol. The summed E-state index contributed by atoms with van der Waals surface area (Å²) >= 11 is 0. The van der Waals surface area contributed by atoms with Gasteiger partial charge in [0.05, 0.1) is 17.5 Å². The number of benzene rings is 2. The van der Waals surface area contributed by atoms with Gasteiger partial charge in [0, 0.05) is 24.5 Å². The summed E-state index contributed by atoms with van der Waals surface area (Å²) in [5, 5.41) is 2.59. The minimum atomic E-state index is -4.63. The van der Waals surface area contributed by atoms with Crippen LogP contribution in [0, 0.1) is 0 Å². The molecule has 1 aliphatic rings. The number of carbonyl (C=O) groups excluding carboxylic acids is 1. The molecule has 30 heavy (non-hydrogen) atoms. The predicted molar refractivity (Wildman–Crippen MR) is 110 cm³/mol. The van der Waals surface area contributed by atoms with Crippen molar-refractivity contribution in [1.82, 2.24) is 0 Å². The molecule has 1 heterocycles. The summed E-state index contributed by atoms with van der Waals surface area (Å²) in [7, 11) is -3.99. The van der Waals surface area contributed by atoms with E-state index in [1.165, 1.54) is 6.07 Å². The van der Waals surface area contributed by atoms with Crippen molar-refractivity contribution < 1.29 is 26.4 Å². The Balaban J connectivity index is 1.73. The second-order valence-electron chi connectivity index (χ2n) is 7.11. The number of halogens is 3. The second-order valence-corrected chi connectivity index (χ2v) is 9.01. The van der Waals surface area contributed by atoms with E-state index in [-0.39, 0.29) is 5.69 Å². The van der Waals surface area contributed by atoms with Gasteiger partial charge in [-0.3, -0.25) is 9.10 Å². The van der Waals surface area contributed by atoms with E-state index >= 15 is 0 Å². The van der Waals surface area contributed by atoms with Gasteiger partial charge in [-0.2, -0.15) is 13.2 Å². The maximum atomic E-state index is 13.0. The molecule has 0 aromatic heterocycles. The van der Waals surface area contributed by atoms with Crippen LogP contribution >= 0.6 is 0 Å². The van der Waals surface area contributed by atoms with Crippen molar-refractivity contribution in [3.8, 4) is 0 Å². The lowest BCUT2D eigenvalue weighted by molar-refractivity contribution is -0.137. The Bertz CT molecular complexity index is 1000. The largest absolute Gasteiger partial charge is 0.416 e. The Hall–Kier alpha value is -2.75. The smallest absolute Gasteiger partial charge is 0.372 e. The Labute approximate surface area is 173 Å². The Morgan fingerprint density at radius 2 is 1.73 bits per heavy atom. The number of hydrogen-bond donors (Lipinski definition) is 1. The van der Waals surface area contributed by atoms with Crippen molar-refractivity contribution in [1.29, 1.82) is 0 Å². The highest BCUT2D eigenvalue weighted by atomic mass is 32.2. The number of sulfonamides is 1. The maximum Gasteiger partial charge on any atom is 0.416 e. The molecular weight excluding hydrogens is 419 g/mol. The van der Waals surface area contributed by atoms with E-state index in [4.69, 9.17) is 0 Å². The molecule has 1 fully saturated rings. The fourth-order valence-corrected chi connectivity index (χ4v) is 4.15. The molecule has 10 heteroatoms. The molecule has 0 spiro atoms. The first-order chi connectivity index (χ1) is 14.0. The van der Waals surface area contributed by atoms with Crippen molar-refractivity contribution in [3.63, 3.8) is 0 Å². The monoisotopic (exact) mass is 441 g/mol. The van der Waals surface area contributed by atoms with Crippen molar-refractivity contribution >= 4 is 33.0 Å². The van der Waals surface area contributed by atoms with Crippen LogP contribution in [0.3, 0.4) is 0 Å². The van der Waals surface area contributed by atoms with Crippen molar-refractivity contribution in [2.24, 2.45) is 0 Å². The summed E-state index contributed by atoms with van der Waals surface area (Å²) in [5.74, 6) is -0.660. The van der Waals surface area contributed by atoms with Crippen molar-refractivity contribution in [2.45, 2.75) is 19.0 Å². The minimum Gasteiger partial charge on any atom is -0.372 e. The van der Waals surface area contributed by atoms with Gasteiger partial charge >= 0.3 is 6.18 Å². The minimum absolute atomic E-state index is 0.230. The summed E-state index contributed by atoms with van der Waals surface area (Å²) < 4.78 is 63.8. The molecule has 1 aliphatic heterocycles. The normalized spacial score (nSPS) is 14.6. The first kappa shape index (κ1) is 21.9. The van der Waals surface area contributed by atoms with Gasteiger partial charge in [0.2, 0.25) is 15.9 Å². The van der Waals surface area contributed by atoms with Crippen molar-refractivity contribution in [2.75, 3.05) is 40.4 Å². The standard InChI is InChI=1S/C20H22F3N3O3S/c1-30(28,29)26(18-6-4-5-15(13-18)20(21,22)23)14-19(27)24-16-7-9-17(10-8-16)25-11-2-3-12-25/h4-10,13H,2-3,11-12,14H2,1H3,(H,24,27). The lowest BCUT2D eigenvalue weighted by Gasteiger charge is -2.23. The third-order valence-corrected chi connectivity index (χ3v) is 5.91. The molecule has 1 N–H and O–H groups in total. The molecule has 0 bridgehead atoms. The van der Waals surface area contributed by atoms with E-state index < -0.39 is 34.2 Å². The quantitative estimate of drug-likeness (QED) is 0.742. The average Bonchev–Trinajstić information content (AvgIpc) is 3.20. The van der Waals surface area contributed by atoms with Gasteiger partial charge in [0.25, 0.3) is 0 Å². The molecular formula is C20H22F3N3O3S. The fraction of sp³-hybridized carbons (Fsp3) is 0.350. The Kier molecular flexibility index (Phi) is 6.25. The van der Waals surface area contributed by atoms with E-state index in [0.29, 0.717) is 16.1 Å². The molecule has 162 valence electrons. The SMILES string of the molecule is CS(=O)(=O)N(CC(=O)Nc1ccc(N2CCCC2)cc1)c1cccc(C(F)(F)F)c1. The predicted octanol–water partition coefficient (Wildman–Crippen LogP) is 3.71. The van der Waals surface area contributed by atoms with Crippen LogP contribution in [0.5, 0.6) is 0 Å². The molecule has 6 nitrogen and oxygen atoms in total. The number of nitrogens with zero attached hydrogens (tertiary/aromatic N) is 2. The van der Waals surface area contributed by atoms with E-state index in [9.17, 15) is 26.4 Å². The Morgan fingerprint density at radius 1 is 1.10 bits per heavy atom. The van der Waals surface area contributed by atoms with Gasteiger partial charge in [-0.05, 0) is 55.3 Å². The lowest BCUT2D eigenvalue weighted by atomic mass is 10.2. The zero-order chi connectivity index (χ0) is 21.9. The summed E-state index contributed by atoms with van der Waals surface area (Å²) in [6.45, 7) is 1.31. The zero-order valence-corrected chi connectivity index (χ0v) is 17.1. The maximum absolute atomic E-state index is 13.0. The van der Waals surface area contributed by atoms with Gasteiger partial charge in [0.15, 0.2) is 0 Å². The first-order valence-electron chi connectivity index (χ1n) is 9.34. The van der Waals surface area contributed by atoms with E-state index in [0.717, 1.165) is 50.0 Å². The van der Waals surface area contributed by atoms with Crippen LogP contribution in [0.4, 0.5) is 30.2 Å². The van der Waals surface area contributed by atoms with Gasteiger partial charge < -0.3 is 10.2 Å². The van der Waals surface area contributed by atoms with Crippen LogP contribution in [0.2, 0.25) is 0 Å². The van der Waals surface area contributed by atoms with Crippen LogP contribution < -0.4 is 14.5 Å². The molecule has 0 radical (unpaired) electrons. The summed E-state index contributed by atoms with van der Waals surface area (Å²) in [4.78, 5) is 14.6. The molecule has 1 saturated heterocycles. The highest BCUT2D eigenvalue weighted by molar-refractivity contribution is 7.92. The number of hydrogen-bond acceptors (Lipinski definition) is 4. The molecule has 3 rings (SSSR count). The zero-order valence-electron chi connectivity index (χ0n) is 16.3. The summed E-state index contributed by atoms with van der Waals surface area (Å²) in [6.07, 6.45) is -1.52.